The van der Waals surface area contributed by atoms with E-state index >= 15 is 0 Å². The zero-order valence-electron chi connectivity index (χ0n) is 14.1. The number of benzene rings is 1. The van der Waals surface area contributed by atoms with Crippen molar-refractivity contribution in [3.8, 4) is 0 Å². The van der Waals surface area contributed by atoms with E-state index in [9.17, 15) is 4.79 Å². The first-order valence-electron chi connectivity index (χ1n) is 8.11. The number of hydrogen-bond acceptors (Lipinski definition) is 2. The molecule has 1 aromatic rings. The minimum absolute atomic E-state index is 0.122. The van der Waals surface area contributed by atoms with E-state index in [1.54, 1.807) is 0 Å². The topological polar surface area (TPSA) is 23.6 Å². The predicted molar refractivity (Wildman–Crippen MR) is 92.0 cm³/mol. The first-order valence-corrected chi connectivity index (χ1v) is 8.48. The number of nitrogens with zero attached hydrogens (tertiary/aromatic N) is 2. The molecule has 0 N–H and O–H groups in total. The van der Waals surface area contributed by atoms with Gasteiger partial charge in [-0.05, 0) is 43.9 Å². The van der Waals surface area contributed by atoms with E-state index in [1.165, 1.54) is 6.42 Å². The zero-order chi connectivity index (χ0) is 16.3. The Morgan fingerprint density at radius 3 is 2.50 bits per heavy atom. The number of halogens is 1. The van der Waals surface area contributed by atoms with E-state index < -0.39 is 0 Å². The fraction of sp³-hybridized carbons (Fsp3) is 0.611. The Labute approximate surface area is 139 Å². The largest absolute Gasteiger partial charge is 0.341 e. The van der Waals surface area contributed by atoms with Crippen molar-refractivity contribution in [1.82, 2.24) is 9.80 Å². The molecule has 0 spiro atoms. The Hall–Kier alpha value is -1.06. The fourth-order valence-corrected chi connectivity index (χ4v) is 3.66. The fourth-order valence-electron chi connectivity index (χ4n) is 3.37. The van der Waals surface area contributed by atoms with Crippen molar-refractivity contribution in [3.05, 3.63) is 34.9 Å². The molecule has 0 aromatic heterocycles. The number of rotatable bonds is 4. The van der Waals surface area contributed by atoms with Crippen LogP contribution in [0.3, 0.4) is 0 Å². The molecule has 3 atom stereocenters. The summed E-state index contributed by atoms with van der Waals surface area (Å²) in [6, 6.07) is 7.97. The van der Waals surface area contributed by atoms with Gasteiger partial charge in [0.05, 0.1) is 6.54 Å². The summed E-state index contributed by atoms with van der Waals surface area (Å²) in [6.45, 7) is 8.76. The lowest BCUT2D eigenvalue weighted by molar-refractivity contribution is -0.135. The Morgan fingerprint density at radius 2 is 1.91 bits per heavy atom. The second kappa shape index (κ2) is 7.47. The summed E-state index contributed by atoms with van der Waals surface area (Å²) in [4.78, 5) is 16.7. The molecule has 1 heterocycles. The van der Waals surface area contributed by atoms with Crippen molar-refractivity contribution in [1.29, 1.82) is 0 Å². The molecule has 22 heavy (non-hydrogen) atoms. The van der Waals surface area contributed by atoms with E-state index in [0.717, 1.165) is 23.7 Å². The lowest BCUT2D eigenvalue weighted by Crippen LogP contribution is -2.46. The van der Waals surface area contributed by atoms with Gasteiger partial charge in [0.2, 0.25) is 5.91 Å². The van der Waals surface area contributed by atoms with Gasteiger partial charge in [-0.3, -0.25) is 9.69 Å². The van der Waals surface area contributed by atoms with Gasteiger partial charge >= 0.3 is 0 Å². The molecule has 3 nitrogen and oxygen atoms in total. The molecule has 1 amide bonds. The number of likely N-dealkylation sites (tertiary alicyclic amines) is 1. The van der Waals surface area contributed by atoms with Crippen LogP contribution in [0, 0.1) is 11.8 Å². The molecule has 0 bridgehead atoms. The standard InChI is InChI=1S/C18H27ClN2O/c1-13-9-14(2)11-21(10-13)18(22)12-20(4)15(3)16-7-5-6-8-17(16)19/h5-8,13-15H,9-12H2,1-4H3. The Kier molecular flexibility index (Phi) is 5.87. The van der Waals surface area contributed by atoms with Crippen LogP contribution < -0.4 is 0 Å². The number of likely N-dealkylation sites (N-methyl/N-ethyl adjacent to an activating group) is 1. The SMILES string of the molecule is CC1CC(C)CN(C(=O)CN(C)C(C)c2ccccc2Cl)C1. The number of carbonyl (C=O) groups is 1. The van der Waals surface area contributed by atoms with Crippen LogP contribution in [-0.4, -0.2) is 42.4 Å². The normalized spacial score (nSPS) is 23.6. The highest BCUT2D eigenvalue weighted by molar-refractivity contribution is 6.31. The first kappa shape index (κ1) is 17.3. The molecule has 1 aromatic carbocycles. The van der Waals surface area contributed by atoms with Crippen LogP contribution in [0.15, 0.2) is 24.3 Å². The number of amides is 1. The minimum Gasteiger partial charge on any atom is -0.341 e. The van der Waals surface area contributed by atoms with Crippen molar-refractivity contribution in [2.75, 3.05) is 26.7 Å². The number of hydrogen-bond donors (Lipinski definition) is 0. The Morgan fingerprint density at radius 1 is 1.32 bits per heavy atom. The second-order valence-electron chi connectivity index (χ2n) is 6.86. The van der Waals surface area contributed by atoms with Crippen LogP contribution in [0.5, 0.6) is 0 Å². The van der Waals surface area contributed by atoms with Crippen LogP contribution in [0.2, 0.25) is 5.02 Å². The summed E-state index contributed by atoms with van der Waals surface area (Å²) in [5, 5.41) is 0.759. The minimum atomic E-state index is 0.122. The van der Waals surface area contributed by atoms with E-state index in [1.807, 2.05) is 36.2 Å². The number of carbonyl (C=O) groups excluding carboxylic acids is 1. The van der Waals surface area contributed by atoms with Crippen LogP contribution in [0.25, 0.3) is 0 Å². The van der Waals surface area contributed by atoms with Crippen molar-refractivity contribution in [3.63, 3.8) is 0 Å². The molecule has 2 rings (SSSR count). The van der Waals surface area contributed by atoms with Crippen molar-refractivity contribution >= 4 is 17.5 Å². The van der Waals surface area contributed by atoms with E-state index in [2.05, 4.69) is 25.7 Å². The summed E-state index contributed by atoms with van der Waals surface area (Å²) in [7, 11) is 1.99. The molecule has 1 aliphatic rings. The first-order chi connectivity index (χ1) is 10.4. The van der Waals surface area contributed by atoms with Gasteiger partial charge in [-0.1, -0.05) is 43.6 Å². The summed E-state index contributed by atoms with van der Waals surface area (Å²) < 4.78 is 0. The van der Waals surface area contributed by atoms with Crippen molar-refractivity contribution in [2.45, 2.75) is 33.2 Å². The van der Waals surface area contributed by atoms with Gasteiger partial charge in [0, 0.05) is 24.2 Å². The van der Waals surface area contributed by atoms with Gasteiger partial charge in [-0.2, -0.15) is 0 Å². The highest BCUT2D eigenvalue weighted by Gasteiger charge is 2.27. The highest BCUT2D eigenvalue weighted by Crippen LogP contribution is 2.26. The molecule has 0 radical (unpaired) electrons. The van der Waals surface area contributed by atoms with Crippen molar-refractivity contribution < 1.29 is 4.79 Å². The molecule has 3 unspecified atom stereocenters. The monoisotopic (exact) mass is 322 g/mol. The summed E-state index contributed by atoms with van der Waals surface area (Å²) in [6.07, 6.45) is 1.22. The molecule has 0 saturated carbocycles. The smallest absolute Gasteiger partial charge is 0.236 e. The maximum Gasteiger partial charge on any atom is 0.236 e. The number of piperidine rings is 1. The van der Waals surface area contributed by atoms with Gasteiger partial charge in [0.25, 0.3) is 0 Å². The van der Waals surface area contributed by atoms with Gasteiger partial charge in [-0.15, -0.1) is 0 Å². The average Bonchev–Trinajstić information content (AvgIpc) is 2.46. The summed E-state index contributed by atoms with van der Waals surface area (Å²) >= 11 is 6.26. The van der Waals surface area contributed by atoms with E-state index in [-0.39, 0.29) is 11.9 Å². The zero-order valence-corrected chi connectivity index (χ0v) is 14.8. The van der Waals surface area contributed by atoms with Crippen molar-refractivity contribution in [2.24, 2.45) is 11.8 Å². The van der Waals surface area contributed by atoms with Gasteiger partial charge in [0.1, 0.15) is 0 Å². The summed E-state index contributed by atoms with van der Waals surface area (Å²) in [5.74, 6) is 1.41. The van der Waals surface area contributed by atoms with Crippen LogP contribution in [0.1, 0.15) is 38.8 Å². The molecule has 0 aliphatic carbocycles. The third-order valence-corrected chi connectivity index (χ3v) is 4.97. The molecule has 122 valence electrons. The quantitative estimate of drug-likeness (QED) is 0.841. The third-order valence-electron chi connectivity index (χ3n) is 4.62. The predicted octanol–water partition coefficient (Wildman–Crippen LogP) is 3.84. The van der Waals surface area contributed by atoms with Gasteiger partial charge in [0.15, 0.2) is 0 Å². The average molecular weight is 323 g/mol. The maximum atomic E-state index is 12.6. The molecule has 1 fully saturated rings. The highest BCUT2D eigenvalue weighted by atomic mass is 35.5. The van der Waals surface area contributed by atoms with Crippen LogP contribution in [-0.2, 0) is 4.79 Å². The van der Waals surface area contributed by atoms with Crippen LogP contribution >= 0.6 is 11.6 Å². The van der Waals surface area contributed by atoms with E-state index in [0.29, 0.717) is 18.4 Å². The Balaban J connectivity index is 1.97. The Bertz CT molecular complexity index is 510. The third kappa shape index (κ3) is 4.23. The summed E-state index contributed by atoms with van der Waals surface area (Å²) in [5.41, 5.74) is 1.07. The lowest BCUT2D eigenvalue weighted by Gasteiger charge is -2.36. The second-order valence-corrected chi connectivity index (χ2v) is 7.26. The van der Waals surface area contributed by atoms with Gasteiger partial charge < -0.3 is 4.90 Å². The molecule has 1 saturated heterocycles. The molecule has 4 heteroatoms. The molecular formula is C18H27ClN2O. The van der Waals surface area contributed by atoms with E-state index in [4.69, 9.17) is 11.6 Å². The molecular weight excluding hydrogens is 296 g/mol. The lowest BCUT2D eigenvalue weighted by atomic mass is 9.92. The van der Waals surface area contributed by atoms with Gasteiger partial charge in [-0.25, -0.2) is 0 Å². The van der Waals surface area contributed by atoms with Crippen LogP contribution in [0.4, 0.5) is 0 Å². The maximum absolute atomic E-state index is 12.6. The molecule has 1 aliphatic heterocycles.